The Kier molecular flexibility index (Phi) is 7.38. The smallest absolute Gasteiger partial charge is 0.345 e. The Morgan fingerprint density at radius 3 is 2.22 bits per heavy atom. The highest BCUT2D eigenvalue weighted by atomic mass is 16.6. The summed E-state index contributed by atoms with van der Waals surface area (Å²) in [5.74, 6) is -0.469. The Morgan fingerprint density at radius 2 is 1.67 bits per heavy atom. The van der Waals surface area contributed by atoms with Crippen molar-refractivity contribution >= 4 is 11.9 Å². The Morgan fingerprint density at radius 1 is 1.04 bits per heavy atom. The Hall–Kier alpha value is -3.33. The third-order valence-corrected chi connectivity index (χ3v) is 3.99. The molecule has 2 aromatic rings. The Labute approximate surface area is 158 Å². The molecule has 0 radical (unpaired) electrons. The molecule has 2 aromatic carbocycles. The van der Waals surface area contributed by atoms with E-state index in [0.717, 1.165) is 0 Å². The van der Waals surface area contributed by atoms with E-state index in [4.69, 9.17) is 14.7 Å². The summed E-state index contributed by atoms with van der Waals surface area (Å²) in [5, 5.41) is 8.79. The average molecular weight is 366 g/mol. The second-order valence-electron chi connectivity index (χ2n) is 5.72. The first-order valence-electron chi connectivity index (χ1n) is 8.75. The van der Waals surface area contributed by atoms with E-state index >= 15 is 0 Å². The first kappa shape index (κ1) is 20.0. The van der Waals surface area contributed by atoms with Crippen LogP contribution in [0.1, 0.15) is 31.1 Å². The zero-order chi connectivity index (χ0) is 19.6. The quantitative estimate of drug-likeness (QED) is 0.671. The van der Waals surface area contributed by atoms with Crippen LogP contribution in [0.25, 0.3) is 0 Å². The van der Waals surface area contributed by atoms with Crippen LogP contribution in [0.4, 0.5) is 0 Å². The standard InChI is InChI=1S/C21H22N2O4/c1-3-23(4-2)21(25)20(17-8-6-5-7-9-17)27-19(24)15-26-18-12-10-16(14-22)11-13-18/h5-13,20H,3-4,15H2,1-2H3/t20-/m0/s1. The van der Waals surface area contributed by atoms with Gasteiger partial charge in [-0.3, -0.25) is 4.79 Å². The van der Waals surface area contributed by atoms with Gasteiger partial charge in [-0.25, -0.2) is 4.79 Å². The third-order valence-electron chi connectivity index (χ3n) is 3.99. The number of hydrogen-bond donors (Lipinski definition) is 0. The van der Waals surface area contributed by atoms with Crippen LogP contribution in [0.5, 0.6) is 5.75 Å². The molecule has 0 N–H and O–H groups in total. The summed E-state index contributed by atoms with van der Waals surface area (Å²) in [6.07, 6.45) is -1.01. The minimum absolute atomic E-state index is 0.266. The summed E-state index contributed by atoms with van der Waals surface area (Å²) in [5.41, 5.74) is 1.11. The highest BCUT2D eigenvalue weighted by Gasteiger charge is 2.28. The van der Waals surface area contributed by atoms with E-state index in [2.05, 4.69) is 0 Å². The van der Waals surface area contributed by atoms with E-state index in [0.29, 0.717) is 30.0 Å². The van der Waals surface area contributed by atoms with Crippen LogP contribution in [0, 0.1) is 11.3 Å². The zero-order valence-corrected chi connectivity index (χ0v) is 15.4. The lowest BCUT2D eigenvalue weighted by Gasteiger charge is -2.25. The predicted molar refractivity (Wildman–Crippen MR) is 99.9 cm³/mol. The van der Waals surface area contributed by atoms with Crippen molar-refractivity contribution in [3.05, 3.63) is 65.7 Å². The lowest BCUT2D eigenvalue weighted by Crippen LogP contribution is -2.37. The molecule has 0 bridgehead atoms. The molecule has 0 saturated carbocycles. The molecule has 6 nitrogen and oxygen atoms in total. The number of nitrogens with zero attached hydrogens (tertiary/aromatic N) is 2. The van der Waals surface area contributed by atoms with E-state index in [1.54, 1.807) is 53.4 Å². The molecule has 1 atom stereocenters. The fraction of sp³-hybridized carbons (Fsp3) is 0.286. The summed E-state index contributed by atoms with van der Waals surface area (Å²) in [6, 6.07) is 17.3. The van der Waals surface area contributed by atoms with Crippen LogP contribution in [0.3, 0.4) is 0 Å². The van der Waals surface area contributed by atoms with Crippen molar-refractivity contribution in [2.45, 2.75) is 20.0 Å². The second kappa shape index (κ2) is 9.97. The average Bonchev–Trinajstić information content (AvgIpc) is 2.72. The van der Waals surface area contributed by atoms with Crippen molar-refractivity contribution in [2.24, 2.45) is 0 Å². The van der Waals surface area contributed by atoms with Crippen LogP contribution < -0.4 is 4.74 Å². The fourth-order valence-corrected chi connectivity index (χ4v) is 2.52. The number of carbonyl (C=O) groups excluding carboxylic acids is 2. The predicted octanol–water partition coefficient (Wildman–Crippen LogP) is 3.09. The highest BCUT2D eigenvalue weighted by Crippen LogP contribution is 2.21. The van der Waals surface area contributed by atoms with Crippen molar-refractivity contribution in [1.29, 1.82) is 5.26 Å². The van der Waals surface area contributed by atoms with Gasteiger partial charge >= 0.3 is 5.97 Å². The van der Waals surface area contributed by atoms with Crippen LogP contribution in [0.2, 0.25) is 0 Å². The number of ether oxygens (including phenoxy) is 2. The number of likely N-dealkylation sites (N-methyl/N-ethyl adjacent to an activating group) is 1. The monoisotopic (exact) mass is 366 g/mol. The van der Waals surface area contributed by atoms with Gasteiger partial charge in [0.2, 0.25) is 6.10 Å². The lowest BCUT2D eigenvalue weighted by molar-refractivity contribution is -0.162. The molecule has 0 aliphatic heterocycles. The van der Waals surface area contributed by atoms with Gasteiger partial charge in [0.15, 0.2) is 6.61 Å². The molecule has 140 valence electrons. The number of esters is 1. The maximum absolute atomic E-state index is 12.8. The summed E-state index contributed by atoms with van der Waals surface area (Å²) >= 11 is 0. The number of carbonyl (C=O) groups is 2. The minimum Gasteiger partial charge on any atom is -0.482 e. The molecule has 6 heteroatoms. The maximum Gasteiger partial charge on any atom is 0.345 e. The molecule has 27 heavy (non-hydrogen) atoms. The summed E-state index contributed by atoms with van der Waals surface area (Å²) < 4.78 is 10.8. The first-order valence-corrected chi connectivity index (χ1v) is 8.75. The summed E-state index contributed by atoms with van der Waals surface area (Å²) in [4.78, 5) is 26.6. The molecular weight excluding hydrogens is 344 g/mol. The molecule has 1 amide bonds. The molecular formula is C21H22N2O4. The highest BCUT2D eigenvalue weighted by molar-refractivity contribution is 5.85. The molecule has 0 heterocycles. The van der Waals surface area contributed by atoms with Gasteiger partial charge in [-0.2, -0.15) is 5.26 Å². The number of rotatable bonds is 8. The van der Waals surface area contributed by atoms with Gasteiger partial charge in [0, 0.05) is 18.7 Å². The molecule has 0 unspecified atom stereocenters. The number of benzene rings is 2. The van der Waals surface area contributed by atoms with Gasteiger partial charge in [-0.05, 0) is 38.1 Å². The molecule has 0 fully saturated rings. The van der Waals surface area contributed by atoms with Gasteiger partial charge < -0.3 is 14.4 Å². The lowest BCUT2D eigenvalue weighted by atomic mass is 10.1. The van der Waals surface area contributed by atoms with E-state index in [1.165, 1.54) is 0 Å². The van der Waals surface area contributed by atoms with Crippen LogP contribution >= 0.6 is 0 Å². The Bertz CT molecular complexity index is 793. The molecule has 0 saturated heterocycles. The van der Waals surface area contributed by atoms with E-state index in [9.17, 15) is 9.59 Å². The van der Waals surface area contributed by atoms with Gasteiger partial charge in [0.1, 0.15) is 5.75 Å². The van der Waals surface area contributed by atoms with Crippen LogP contribution in [-0.4, -0.2) is 36.5 Å². The number of nitriles is 1. The largest absolute Gasteiger partial charge is 0.482 e. The van der Waals surface area contributed by atoms with E-state index in [-0.39, 0.29) is 12.5 Å². The SMILES string of the molecule is CCN(CC)C(=O)[C@@H](OC(=O)COc1ccc(C#N)cc1)c1ccccc1. The first-order chi connectivity index (χ1) is 13.1. The van der Waals surface area contributed by atoms with Crippen molar-refractivity contribution in [1.82, 2.24) is 4.90 Å². The maximum atomic E-state index is 12.8. The zero-order valence-electron chi connectivity index (χ0n) is 15.4. The van der Waals surface area contributed by atoms with Crippen LogP contribution in [0.15, 0.2) is 54.6 Å². The van der Waals surface area contributed by atoms with Gasteiger partial charge in [0.25, 0.3) is 5.91 Å². The van der Waals surface area contributed by atoms with E-state index < -0.39 is 12.1 Å². The van der Waals surface area contributed by atoms with Gasteiger partial charge in [-0.15, -0.1) is 0 Å². The fourth-order valence-electron chi connectivity index (χ4n) is 2.52. The number of hydrogen-bond acceptors (Lipinski definition) is 5. The van der Waals surface area contributed by atoms with Gasteiger partial charge in [0.05, 0.1) is 11.6 Å². The molecule has 0 aliphatic rings. The van der Waals surface area contributed by atoms with Crippen molar-refractivity contribution in [3.63, 3.8) is 0 Å². The molecule has 0 aliphatic carbocycles. The number of amides is 1. The summed E-state index contributed by atoms with van der Waals surface area (Å²) in [7, 11) is 0. The Balaban J connectivity index is 2.06. The van der Waals surface area contributed by atoms with Crippen LogP contribution in [-0.2, 0) is 14.3 Å². The minimum atomic E-state index is -1.01. The van der Waals surface area contributed by atoms with E-state index in [1.807, 2.05) is 26.0 Å². The van der Waals surface area contributed by atoms with Crippen molar-refractivity contribution in [2.75, 3.05) is 19.7 Å². The topological polar surface area (TPSA) is 79.6 Å². The van der Waals surface area contributed by atoms with Crippen molar-refractivity contribution < 1.29 is 19.1 Å². The summed E-state index contributed by atoms with van der Waals surface area (Å²) in [6.45, 7) is 4.47. The van der Waals surface area contributed by atoms with Gasteiger partial charge in [-0.1, -0.05) is 30.3 Å². The van der Waals surface area contributed by atoms with Crippen molar-refractivity contribution in [3.8, 4) is 11.8 Å². The second-order valence-corrected chi connectivity index (χ2v) is 5.72. The normalized spacial score (nSPS) is 11.1. The molecule has 2 rings (SSSR count). The third kappa shape index (κ3) is 5.58. The molecule has 0 aromatic heterocycles. The molecule has 0 spiro atoms.